The molecule has 0 aliphatic rings. The first kappa shape index (κ1) is 10.7. The van der Waals surface area contributed by atoms with Gasteiger partial charge >= 0.3 is 0 Å². The Bertz CT molecular complexity index is 303. The summed E-state index contributed by atoms with van der Waals surface area (Å²) < 4.78 is 4.97. The smallest absolute Gasteiger partial charge is 0.165 e. The van der Waals surface area contributed by atoms with Crippen molar-refractivity contribution in [1.29, 1.82) is 0 Å². The molecular weight excluding hydrogens is 180 g/mol. The Morgan fingerprint density at radius 2 is 2.00 bits per heavy atom. The van der Waals surface area contributed by atoms with Gasteiger partial charge in [-0.2, -0.15) is 0 Å². The zero-order valence-corrected chi connectivity index (χ0v) is 8.36. The highest BCUT2D eigenvalue weighted by Gasteiger charge is 2.14. The number of carbonyl (C=O) groups excluding carboxylic acids is 1. The quantitative estimate of drug-likeness (QED) is 0.793. The van der Waals surface area contributed by atoms with Crippen LogP contribution in [0.15, 0.2) is 24.3 Å². The average Bonchev–Trinajstić information content (AvgIpc) is 2.27. The van der Waals surface area contributed by atoms with Crippen LogP contribution in [0.2, 0.25) is 0 Å². The number of Topliss-reactive ketones (excluding diaryl/α,β-unsaturated/α-hetero) is 1. The van der Waals surface area contributed by atoms with Gasteiger partial charge in [0.1, 0.15) is 11.9 Å². The molecule has 0 radical (unpaired) electrons. The highest BCUT2D eigenvalue weighted by molar-refractivity contribution is 5.83. The molecule has 0 spiro atoms. The topological polar surface area (TPSA) is 46.5 Å². The van der Waals surface area contributed by atoms with Crippen LogP contribution < -0.4 is 4.74 Å². The predicted octanol–water partition coefficient (Wildman–Crippen LogP) is 1.71. The Labute approximate surface area is 83.3 Å². The van der Waals surface area contributed by atoms with Gasteiger partial charge in [0.15, 0.2) is 5.78 Å². The summed E-state index contributed by atoms with van der Waals surface area (Å²) in [7, 11) is 1.57. The number of hydrogen-bond donors (Lipinski definition) is 1. The summed E-state index contributed by atoms with van der Waals surface area (Å²) in [6.45, 7) is 1.73. The zero-order chi connectivity index (χ0) is 10.6. The van der Waals surface area contributed by atoms with Gasteiger partial charge in [-0.1, -0.05) is 19.1 Å². The Morgan fingerprint density at radius 1 is 1.43 bits per heavy atom. The molecule has 0 bridgehead atoms. The zero-order valence-electron chi connectivity index (χ0n) is 8.36. The third-order valence-electron chi connectivity index (χ3n) is 2.08. The van der Waals surface area contributed by atoms with E-state index in [0.29, 0.717) is 17.7 Å². The molecule has 0 saturated carbocycles. The molecule has 0 heterocycles. The van der Waals surface area contributed by atoms with E-state index < -0.39 is 6.10 Å². The Morgan fingerprint density at radius 3 is 2.43 bits per heavy atom. The molecule has 0 aromatic heterocycles. The number of carbonyl (C=O) groups is 1. The molecule has 76 valence electrons. The van der Waals surface area contributed by atoms with Crippen LogP contribution in [0.4, 0.5) is 0 Å². The van der Waals surface area contributed by atoms with Crippen LogP contribution in [0.3, 0.4) is 0 Å². The summed E-state index contributed by atoms with van der Waals surface area (Å²) in [5.41, 5.74) is 0.609. The van der Waals surface area contributed by atoms with Crippen molar-refractivity contribution in [3.63, 3.8) is 0 Å². The summed E-state index contributed by atoms with van der Waals surface area (Å²) in [5.74, 6) is 0.542. The van der Waals surface area contributed by atoms with Gasteiger partial charge < -0.3 is 9.84 Å². The Balaban J connectivity index is 2.81. The Hall–Kier alpha value is -1.35. The summed E-state index contributed by atoms with van der Waals surface area (Å²) in [5, 5.41) is 9.56. The van der Waals surface area contributed by atoms with Gasteiger partial charge in [0, 0.05) is 6.42 Å². The lowest BCUT2D eigenvalue weighted by molar-refractivity contribution is -0.127. The van der Waals surface area contributed by atoms with Gasteiger partial charge in [0.05, 0.1) is 7.11 Å². The number of benzene rings is 1. The molecule has 0 amide bonds. The molecule has 1 aromatic rings. The second-order valence-electron chi connectivity index (χ2n) is 3.00. The van der Waals surface area contributed by atoms with Crippen LogP contribution in [0.25, 0.3) is 0 Å². The minimum absolute atomic E-state index is 0.171. The molecule has 1 rings (SSSR count). The predicted molar refractivity (Wildman–Crippen MR) is 53.3 cm³/mol. The first-order valence-electron chi connectivity index (χ1n) is 4.53. The van der Waals surface area contributed by atoms with Crippen LogP contribution in [0, 0.1) is 0 Å². The van der Waals surface area contributed by atoms with Gasteiger partial charge in [-0.15, -0.1) is 0 Å². The van der Waals surface area contributed by atoms with E-state index in [4.69, 9.17) is 4.74 Å². The van der Waals surface area contributed by atoms with E-state index >= 15 is 0 Å². The molecule has 1 unspecified atom stereocenters. The third kappa shape index (κ3) is 2.33. The molecule has 0 aliphatic heterocycles. The lowest BCUT2D eigenvalue weighted by Crippen LogP contribution is -2.10. The Kier molecular flexibility index (Phi) is 3.65. The maximum atomic E-state index is 11.2. The van der Waals surface area contributed by atoms with Crippen molar-refractivity contribution in [2.24, 2.45) is 0 Å². The van der Waals surface area contributed by atoms with Gasteiger partial charge in [-0.05, 0) is 17.7 Å². The molecule has 1 atom stereocenters. The second kappa shape index (κ2) is 4.77. The molecule has 1 aromatic carbocycles. The summed E-state index contributed by atoms with van der Waals surface area (Å²) >= 11 is 0. The van der Waals surface area contributed by atoms with Crippen LogP contribution in [-0.4, -0.2) is 18.0 Å². The summed E-state index contributed by atoms with van der Waals surface area (Å²) in [6.07, 6.45) is -0.668. The standard InChI is InChI=1S/C11H14O3/c1-3-10(12)11(13)8-4-6-9(14-2)7-5-8/h4-7,11,13H,3H2,1-2H3. The van der Waals surface area contributed by atoms with E-state index in [-0.39, 0.29) is 5.78 Å². The first-order chi connectivity index (χ1) is 6.69. The minimum Gasteiger partial charge on any atom is -0.497 e. The second-order valence-corrected chi connectivity index (χ2v) is 3.00. The maximum absolute atomic E-state index is 11.2. The largest absolute Gasteiger partial charge is 0.497 e. The number of ketones is 1. The monoisotopic (exact) mass is 194 g/mol. The van der Waals surface area contributed by atoms with Crippen molar-refractivity contribution in [3.05, 3.63) is 29.8 Å². The lowest BCUT2D eigenvalue weighted by atomic mass is 10.0. The van der Waals surface area contributed by atoms with Crippen LogP contribution in [0.1, 0.15) is 25.0 Å². The normalized spacial score (nSPS) is 12.2. The number of rotatable bonds is 4. The van der Waals surface area contributed by atoms with E-state index in [0.717, 1.165) is 0 Å². The summed E-state index contributed by atoms with van der Waals surface area (Å²) in [4.78, 5) is 11.2. The number of hydrogen-bond acceptors (Lipinski definition) is 3. The molecular formula is C11H14O3. The van der Waals surface area contributed by atoms with Crippen molar-refractivity contribution in [1.82, 2.24) is 0 Å². The van der Waals surface area contributed by atoms with Crippen LogP contribution >= 0.6 is 0 Å². The van der Waals surface area contributed by atoms with Crippen LogP contribution in [-0.2, 0) is 4.79 Å². The molecule has 14 heavy (non-hydrogen) atoms. The summed E-state index contributed by atoms with van der Waals surface area (Å²) in [6, 6.07) is 6.83. The molecule has 0 saturated heterocycles. The van der Waals surface area contributed by atoms with Crippen molar-refractivity contribution >= 4 is 5.78 Å². The highest BCUT2D eigenvalue weighted by Crippen LogP contribution is 2.18. The number of methoxy groups -OCH3 is 1. The van der Waals surface area contributed by atoms with Gasteiger partial charge in [0.2, 0.25) is 0 Å². The van der Waals surface area contributed by atoms with Crippen molar-refractivity contribution in [2.45, 2.75) is 19.4 Å². The van der Waals surface area contributed by atoms with E-state index in [1.165, 1.54) is 0 Å². The molecule has 0 aliphatic carbocycles. The number of ether oxygens (including phenoxy) is 1. The molecule has 3 nitrogen and oxygen atoms in total. The van der Waals surface area contributed by atoms with E-state index in [9.17, 15) is 9.90 Å². The highest BCUT2D eigenvalue weighted by atomic mass is 16.5. The van der Waals surface area contributed by atoms with Crippen molar-refractivity contribution < 1.29 is 14.6 Å². The van der Waals surface area contributed by atoms with E-state index in [2.05, 4.69) is 0 Å². The van der Waals surface area contributed by atoms with Gasteiger partial charge in [-0.25, -0.2) is 0 Å². The molecule has 0 fully saturated rings. The SMILES string of the molecule is CCC(=O)C(O)c1ccc(OC)cc1. The minimum atomic E-state index is -1.01. The van der Waals surface area contributed by atoms with E-state index in [1.807, 2.05) is 0 Å². The third-order valence-corrected chi connectivity index (χ3v) is 2.08. The number of aliphatic hydroxyl groups excluding tert-OH is 1. The molecule has 1 N–H and O–H groups in total. The first-order valence-corrected chi connectivity index (χ1v) is 4.53. The van der Waals surface area contributed by atoms with Crippen LogP contribution in [0.5, 0.6) is 5.75 Å². The number of aliphatic hydroxyl groups is 1. The average molecular weight is 194 g/mol. The fourth-order valence-corrected chi connectivity index (χ4v) is 1.17. The lowest BCUT2D eigenvalue weighted by Gasteiger charge is -2.08. The van der Waals surface area contributed by atoms with Gasteiger partial charge in [0.25, 0.3) is 0 Å². The van der Waals surface area contributed by atoms with Crippen molar-refractivity contribution in [3.8, 4) is 5.75 Å². The fourth-order valence-electron chi connectivity index (χ4n) is 1.17. The molecule has 3 heteroatoms. The van der Waals surface area contributed by atoms with E-state index in [1.54, 1.807) is 38.3 Å². The van der Waals surface area contributed by atoms with Crippen molar-refractivity contribution in [2.75, 3.05) is 7.11 Å². The van der Waals surface area contributed by atoms with Gasteiger partial charge in [-0.3, -0.25) is 4.79 Å². The fraction of sp³-hybridized carbons (Fsp3) is 0.364. The maximum Gasteiger partial charge on any atom is 0.165 e.